The zero-order chi connectivity index (χ0) is 10.3. The highest BCUT2D eigenvalue weighted by atomic mass is 35.5. The first-order valence-corrected chi connectivity index (χ1v) is 5.83. The van der Waals surface area contributed by atoms with Crippen LogP contribution in [0.15, 0.2) is 12.1 Å². The minimum absolute atomic E-state index is 0.666. The van der Waals surface area contributed by atoms with E-state index < -0.39 is 0 Å². The van der Waals surface area contributed by atoms with E-state index in [9.17, 15) is 0 Å². The number of fused-ring (bicyclic) bond motifs is 1. The predicted octanol–water partition coefficient (Wildman–Crippen LogP) is 4.68. The maximum Gasteiger partial charge on any atom is 0.0595 e. The van der Waals surface area contributed by atoms with Crippen LogP contribution < -0.4 is 0 Å². The van der Waals surface area contributed by atoms with Gasteiger partial charge >= 0.3 is 0 Å². The first-order chi connectivity index (χ1) is 6.59. The molecule has 1 atom stereocenters. The number of rotatable bonds is 1. The lowest BCUT2D eigenvalue weighted by Gasteiger charge is -2.15. The number of aryl methyl sites for hydroxylation is 1. The molecule has 1 unspecified atom stereocenters. The van der Waals surface area contributed by atoms with Crippen molar-refractivity contribution in [1.82, 2.24) is 0 Å². The normalized spacial score (nSPS) is 20.2. The van der Waals surface area contributed by atoms with Gasteiger partial charge in [-0.3, -0.25) is 0 Å². The minimum atomic E-state index is 0.666. The van der Waals surface area contributed by atoms with Crippen molar-refractivity contribution in [2.45, 2.75) is 32.6 Å². The summed E-state index contributed by atoms with van der Waals surface area (Å²) in [6.45, 7) is 4.53. The second kappa shape index (κ2) is 3.75. The van der Waals surface area contributed by atoms with Crippen molar-refractivity contribution in [1.29, 1.82) is 0 Å². The Kier molecular flexibility index (Phi) is 2.77. The lowest BCUT2D eigenvalue weighted by atomic mass is 9.90. The number of hydrogen-bond donors (Lipinski definition) is 0. The summed E-state index contributed by atoms with van der Waals surface area (Å²) < 4.78 is 0. The molecule has 1 aliphatic carbocycles. The standard InChI is InChI=1S/C12H14Cl2/c1-7(2)9-4-3-8-5-11(13)12(14)6-10(8)9/h5-7,9H,3-4H2,1-2H3. The molecule has 1 aromatic rings. The van der Waals surface area contributed by atoms with Crippen LogP contribution in [-0.2, 0) is 6.42 Å². The van der Waals surface area contributed by atoms with Gasteiger partial charge in [0.1, 0.15) is 0 Å². The maximum atomic E-state index is 6.03. The van der Waals surface area contributed by atoms with Crippen LogP contribution >= 0.6 is 23.2 Å². The molecule has 0 N–H and O–H groups in total. The van der Waals surface area contributed by atoms with Gasteiger partial charge < -0.3 is 0 Å². The lowest BCUT2D eigenvalue weighted by molar-refractivity contribution is 0.496. The van der Waals surface area contributed by atoms with Crippen molar-refractivity contribution >= 4 is 23.2 Å². The first kappa shape index (κ1) is 10.3. The van der Waals surface area contributed by atoms with E-state index in [4.69, 9.17) is 23.2 Å². The Morgan fingerprint density at radius 3 is 2.50 bits per heavy atom. The molecule has 2 heteroatoms. The maximum absolute atomic E-state index is 6.03. The summed E-state index contributed by atoms with van der Waals surface area (Å²) >= 11 is 12.0. The van der Waals surface area contributed by atoms with Crippen molar-refractivity contribution in [3.63, 3.8) is 0 Å². The van der Waals surface area contributed by atoms with Crippen LogP contribution in [0, 0.1) is 5.92 Å². The SMILES string of the molecule is CC(C)C1CCc2cc(Cl)c(Cl)cc21. The summed E-state index contributed by atoms with van der Waals surface area (Å²) in [7, 11) is 0. The monoisotopic (exact) mass is 228 g/mol. The summed E-state index contributed by atoms with van der Waals surface area (Å²) in [4.78, 5) is 0. The Hall–Kier alpha value is -0.200. The van der Waals surface area contributed by atoms with Gasteiger partial charge in [0, 0.05) is 0 Å². The second-order valence-corrected chi connectivity index (χ2v) is 5.17. The molecule has 0 saturated carbocycles. The third-order valence-electron chi connectivity index (χ3n) is 3.11. The summed E-state index contributed by atoms with van der Waals surface area (Å²) in [5, 5.41) is 1.38. The number of benzene rings is 1. The van der Waals surface area contributed by atoms with Gasteiger partial charge in [0.15, 0.2) is 0 Å². The average Bonchev–Trinajstić information content (AvgIpc) is 2.48. The van der Waals surface area contributed by atoms with Gasteiger partial charge in [0.2, 0.25) is 0 Å². The Bertz CT molecular complexity index is 356. The molecule has 0 bridgehead atoms. The summed E-state index contributed by atoms with van der Waals surface area (Å²) in [5.74, 6) is 1.35. The van der Waals surface area contributed by atoms with Gasteiger partial charge in [0.25, 0.3) is 0 Å². The largest absolute Gasteiger partial charge is 0.0827 e. The van der Waals surface area contributed by atoms with Gasteiger partial charge in [-0.2, -0.15) is 0 Å². The van der Waals surface area contributed by atoms with Crippen molar-refractivity contribution < 1.29 is 0 Å². The van der Waals surface area contributed by atoms with Crippen molar-refractivity contribution in [2.75, 3.05) is 0 Å². The van der Waals surface area contributed by atoms with Crippen LogP contribution in [-0.4, -0.2) is 0 Å². The predicted molar refractivity (Wildman–Crippen MR) is 62.4 cm³/mol. The Labute approximate surface area is 95.2 Å². The molecule has 14 heavy (non-hydrogen) atoms. The van der Waals surface area contributed by atoms with Crippen LogP contribution in [0.25, 0.3) is 0 Å². The summed E-state index contributed by atoms with van der Waals surface area (Å²) in [6.07, 6.45) is 2.39. The van der Waals surface area contributed by atoms with Gasteiger partial charge in [0.05, 0.1) is 10.0 Å². The lowest BCUT2D eigenvalue weighted by Crippen LogP contribution is -2.02. The highest BCUT2D eigenvalue weighted by molar-refractivity contribution is 6.42. The quantitative estimate of drug-likeness (QED) is 0.655. The zero-order valence-electron chi connectivity index (χ0n) is 8.48. The highest BCUT2D eigenvalue weighted by Crippen LogP contribution is 2.41. The topological polar surface area (TPSA) is 0 Å². The van der Waals surface area contributed by atoms with Gasteiger partial charge in [-0.25, -0.2) is 0 Å². The Balaban J connectivity index is 2.45. The summed E-state index contributed by atoms with van der Waals surface area (Å²) in [5.41, 5.74) is 2.80. The molecule has 1 aromatic carbocycles. The molecule has 0 saturated heterocycles. The van der Waals surface area contributed by atoms with Gasteiger partial charge in [-0.05, 0) is 47.9 Å². The van der Waals surface area contributed by atoms with Gasteiger partial charge in [-0.1, -0.05) is 37.0 Å². The molecule has 0 aliphatic heterocycles. The van der Waals surface area contributed by atoms with Crippen molar-refractivity contribution in [3.8, 4) is 0 Å². The highest BCUT2D eigenvalue weighted by Gasteiger charge is 2.25. The molecule has 2 rings (SSSR count). The smallest absolute Gasteiger partial charge is 0.0595 e. The van der Waals surface area contributed by atoms with E-state index in [2.05, 4.69) is 19.9 Å². The van der Waals surface area contributed by atoms with Crippen LogP contribution in [0.1, 0.15) is 37.3 Å². The van der Waals surface area contributed by atoms with Crippen LogP contribution in [0.3, 0.4) is 0 Å². The molecular formula is C12H14Cl2. The minimum Gasteiger partial charge on any atom is -0.0827 e. The molecule has 0 fully saturated rings. The molecule has 0 heterocycles. The second-order valence-electron chi connectivity index (χ2n) is 4.35. The van der Waals surface area contributed by atoms with Crippen LogP contribution in [0.5, 0.6) is 0 Å². The molecule has 76 valence electrons. The summed E-state index contributed by atoms with van der Waals surface area (Å²) in [6, 6.07) is 4.08. The zero-order valence-corrected chi connectivity index (χ0v) is 9.99. The van der Waals surface area contributed by atoms with Crippen molar-refractivity contribution in [3.05, 3.63) is 33.3 Å². The fraction of sp³-hybridized carbons (Fsp3) is 0.500. The molecule has 0 radical (unpaired) electrons. The number of hydrogen-bond acceptors (Lipinski definition) is 0. The molecule has 0 aromatic heterocycles. The average molecular weight is 229 g/mol. The third kappa shape index (κ3) is 1.66. The Morgan fingerprint density at radius 1 is 1.21 bits per heavy atom. The fourth-order valence-electron chi connectivity index (χ4n) is 2.32. The molecular weight excluding hydrogens is 215 g/mol. The molecule has 0 spiro atoms. The molecule has 0 nitrogen and oxygen atoms in total. The first-order valence-electron chi connectivity index (χ1n) is 5.07. The van der Waals surface area contributed by atoms with E-state index in [1.807, 2.05) is 6.07 Å². The van der Waals surface area contributed by atoms with Gasteiger partial charge in [-0.15, -0.1) is 0 Å². The van der Waals surface area contributed by atoms with Crippen molar-refractivity contribution in [2.24, 2.45) is 5.92 Å². The van der Waals surface area contributed by atoms with E-state index >= 15 is 0 Å². The van der Waals surface area contributed by atoms with Crippen LogP contribution in [0.2, 0.25) is 10.0 Å². The van der Waals surface area contributed by atoms with E-state index in [0.717, 1.165) is 6.42 Å². The Morgan fingerprint density at radius 2 is 1.86 bits per heavy atom. The molecule has 0 amide bonds. The van der Waals surface area contributed by atoms with E-state index in [0.29, 0.717) is 21.9 Å². The number of halogens is 2. The van der Waals surface area contributed by atoms with E-state index in [1.54, 1.807) is 0 Å². The fourth-order valence-corrected chi connectivity index (χ4v) is 2.68. The van der Waals surface area contributed by atoms with E-state index in [-0.39, 0.29) is 0 Å². The van der Waals surface area contributed by atoms with Crippen LogP contribution in [0.4, 0.5) is 0 Å². The van der Waals surface area contributed by atoms with E-state index in [1.165, 1.54) is 17.5 Å². The third-order valence-corrected chi connectivity index (χ3v) is 3.83. The molecule has 1 aliphatic rings.